The van der Waals surface area contributed by atoms with Crippen molar-refractivity contribution in [3.63, 3.8) is 0 Å². The molecule has 5 heteroatoms. The van der Waals surface area contributed by atoms with E-state index in [1.54, 1.807) is 0 Å². The highest BCUT2D eigenvalue weighted by atomic mass is 32.1. The second-order valence-electron chi connectivity index (χ2n) is 14.9. The largest absolute Gasteiger partial charge is 0.309 e. The van der Waals surface area contributed by atoms with Crippen LogP contribution >= 0.6 is 11.3 Å². The molecular formula is C52H33N3SSi. The van der Waals surface area contributed by atoms with E-state index in [1.807, 2.05) is 11.3 Å². The molecule has 4 heterocycles. The highest BCUT2D eigenvalue weighted by Crippen LogP contribution is 2.41. The Kier molecular flexibility index (Phi) is 7.12. The summed E-state index contributed by atoms with van der Waals surface area (Å²) in [7, 11) is -3.06. The van der Waals surface area contributed by atoms with Gasteiger partial charge in [-0.15, -0.1) is 11.3 Å². The van der Waals surface area contributed by atoms with E-state index in [1.165, 1.54) is 68.3 Å². The first kappa shape index (κ1) is 32.3. The zero-order chi connectivity index (χ0) is 37.5. The number of nitrogens with zero attached hydrogens (tertiary/aromatic N) is 3. The molecule has 8 aromatic carbocycles. The Labute approximate surface area is 334 Å². The molecule has 1 aliphatic rings. The number of hydrogen-bond donors (Lipinski definition) is 0. The van der Waals surface area contributed by atoms with Gasteiger partial charge in [-0.2, -0.15) is 0 Å². The van der Waals surface area contributed by atoms with Crippen LogP contribution < -0.4 is 20.7 Å². The lowest BCUT2D eigenvalue weighted by molar-refractivity contribution is 1.18. The first-order chi connectivity index (χ1) is 28.3. The summed E-state index contributed by atoms with van der Waals surface area (Å²) in [6, 6.07) is 73.2. The molecule has 0 saturated carbocycles. The first-order valence-corrected chi connectivity index (χ1v) is 22.2. The standard InChI is InChI=1S/C52H33N3SSi/c1-5-17-34(18-6-1)49-51-50(54-52(53-49)35-19-7-2-8-20-35)41-30-29-36(31-48(41)57(51,37-21-9-3-10-22-37)38-23-11-4-12-24-38)55-44-27-15-13-25-39(44)42-32-43-40-26-14-16-28-46(40)56-47(43)33-45(42)55/h1-33H. The van der Waals surface area contributed by atoms with E-state index in [0.717, 1.165) is 34.0 Å². The van der Waals surface area contributed by atoms with Crippen LogP contribution in [0, 0.1) is 0 Å². The van der Waals surface area contributed by atoms with Crippen molar-refractivity contribution in [2.75, 3.05) is 0 Å². The number of para-hydroxylation sites is 1. The van der Waals surface area contributed by atoms with Gasteiger partial charge >= 0.3 is 0 Å². The fraction of sp³-hybridized carbons (Fsp3) is 0. The second kappa shape index (κ2) is 12.5. The monoisotopic (exact) mass is 759 g/mol. The molecule has 3 nitrogen and oxygen atoms in total. The predicted molar refractivity (Wildman–Crippen MR) is 243 cm³/mol. The summed E-state index contributed by atoms with van der Waals surface area (Å²) >= 11 is 1.87. The Balaban J connectivity index is 1.22. The third kappa shape index (κ3) is 4.70. The molecule has 11 aromatic rings. The van der Waals surface area contributed by atoms with Crippen molar-refractivity contribution in [2.45, 2.75) is 0 Å². The van der Waals surface area contributed by atoms with E-state index in [9.17, 15) is 0 Å². The van der Waals surface area contributed by atoms with Crippen molar-refractivity contribution in [2.24, 2.45) is 0 Å². The quantitative estimate of drug-likeness (QED) is 0.164. The number of aromatic nitrogens is 3. The zero-order valence-corrected chi connectivity index (χ0v) is 32.6. The summed E-state index contributed by atoms with van der Waals surface area (Å²) in [5, 5.41) is 10.4. The van der Waals surface area contributed by atoms with Crippen LogP contribution in [0.5, 0.6) is 0 Å². The molecule has 0 fully saturated rings. The van der Waals surface area contributed by atoms with Crippen molar-refractivity contribution in [3.8, 4) is 39.6 Å². The van der Waals surface area contributed by atoms with Crippen molar-refractivity contribution < 1.29 is 0 Å². The summed E-state index contributed by atoms with van der Waals surface area (Å²) in [4.78, 5) is 11.1. The SMILES string of the molecule is c1ccc(-c2nc(-c3ccccc3)c3c(n2)-c2ccc(-n4c5ccccc5c5cc6c(cc54)sc4ccccc46)cc2[Si]3(c2ccccc2)c2ccccc2)cc1. The highest BCUT2D eigenvalue weighted by Gasteiger charge is 2.52. The minimum absolute atomic E-state index is 0.740. The predicted octanol–water partition coefficient (Wildman–Crippen LogP) is 10.6. The zero-order valence-electron chi connectivity index (χ0n) is 30.8. The van der Waals surface area contributed by atoms with Gasteiger partial charge in [-0.05, 0) is 52.0 Å². The smallest absolute Gasteiger partial charge is 0.185 e. The Morgan fingerprint density at radius 1 is 0.421 bits per heavy atom. The molecule has 0 saturated heterocycles. The van der Waals surface area contributed by atoms with Crippen LogP contribution in [0.1, 0.15) is 0 Å². The highest BCUT2D eigenvalue weighted by molar-refractivity contribution is 7.26. The molecule has 266 valence electrons. The molecule has 0 radical (unpaired) electrons. The third-order valence-corrected chi connectivity index (χ3v) is 17.8. The van der Waals surface area contributed by atoms with E-state index >= 15 is 0 Å². The second-order valence-corrected chi connectivity index (χ2v) is 19.7. The number of hydrogen-bond acceptors (Lipinski definition) is 3. The molecule has 3 aromatic heterocycles. The molecule has 0 bridgehead atoms. The van der Waals surface area contributed by atoms with E-state index in [0.29, 0.717) is 0 Å². The number of fused-ring (bicyclic) bond motifs is 9. The van der Waals surface area contributed by atoms with Gasteiger partial charge in [-0.1, -0.05) is 164 Å². The molecule has 0 N–H and O–H groups in total. The Morgan fingerprint density at radius 2 is 1.02 bits per heavy atom. The summed E-state index contributed by atoms with van der Waals surface area (Å²) in [6.45, 7) is 0. The molecule has 57 heavy (non-hydrogen) atoms. The van der Waals surface area contributed by atoms with Crippen molar-refractivity contribution in [3.05, 3.63) is 200 Å². The summed E-state index contributed by atoms with van der Waals surface area (Å²) in [6.07, 6.45) is 0. The fourth-order valence-electron chi connectivity index (χ4n) is 9.46. The maximum Gasteiger partial charge on any atom is 0.185 e. The fourth-order valence-corrected chi connectivity index (χ4v) is 15.8. The summed E-state index contributed by atoms with van der Waals surface area (Å²) in [5.74, 6) is 0.740. The lowest BCUT2D eigenvalue weighted by Crippen LogP contribution is -2.73. The molecule has 0 aliphatic carbocycles. The van der Waals surface area contributed by atoms with E-state index in [-0.39, 0.29) is 0 Å². The van der Waals surface area contributed by atoms with Gasteiger partial charge in [0.15, 0.2) is 13.9 Å². The van der Waals surface area contributed by atoms with Crippen LogP contribution in [0.2, 0.25) is 0 Å². The number of benzene rings is 8. The molecule has 0 atom stereocenters. The van der Waals surface area contributed by atoms with Gasteiger partial charge in [0.1, 0.15) is 0 Å². The average Bonchev–Trinajstić information content (AvgIpc) is 3.92. The Hall–Kier alpha value is -6.92. The van der Waals surface area contributed by atoms with Crippen LogP contribution in [-0.4, -0.2) is 22.6 Å². The summed E-state index contributed by atoms with van der Waals surface area (Å²) < 4.78 is 5.11. The normalized spacial score (nSPS) is 13.1. The average molecular weight is 760 g/mol. The van der Waals surface area contributed by atoms with Crippen molar-refractivity contribution in [1.29, 1.82) is 0 Å². The van der Waals surface area contributed by atoms with Gasteiger partial charge in [-0.3, -0.25) is 0 Å². The molecule has 0 unspecified atom stereocenters. The first-order valence-electron chi connectivity index (χ1n) is 19.4. The summed E-state index contributed by atoms with van der Waals surface area (Å²) in [5.41, 5.74) is 8.87. The number of thiophene rings is 1. The van der Waals surface area contributed by atoms with Gasteiger partial charge < -0.3 is 4.57 Å². The minimum Gasteiger partial charge on any atom is -0.309 e. The third-order valence-electron chi connectivity index (χ3n) is 11.9. The maximum atomic E-state index is 5.56. The van der Waals surface area contributed by atoms with Crippen molar-refractivity contribution in [1.82, 2.24) is 14.5 Å². The molecule has 12 rings (SSSR count). The van der Waals surface area contributed by atoms with Gasteiger partial charge in [-0.25, -0.2) is 9.97 Å². The van der Waals surface area contributed by atoms with Crippen LogP contribution in [0.15, 0.2) is 200 Å². The van der Waals surface area contributed by atoms with E-state index in [2.05, 4.69) is 205 Å². The van der Waals surface area contributed by atoms with Crippen LogP contribution in [-0.2, 0) is 0 Å². The molecule has 0 spiro atoms. The topological polar surface area (TPSA) is 30.7 Å². The number of rotatable bonds is 5. The Bertz CT molecular complexity index is 3300. The van der Waals surface area contributed by atoms with E-state index in [4.69, 9.17) is 9.97 Å². The van der Waals surface area contributed by atoms with Gasteiger partial charge in [0.25, 0.3) is 0 Å². The lowest BCUT2D eigenvalue weighted by Gasteiger charge is -2.32. The van der Waals surface area contributed by atoms with Crippen LogP contribution in [0.3, 0.4) is 0 Å². The van der Waals surface area contributed by atoms with Crippen LogP contribution in [0.25, 0.3) is 81.6 Å². The molecule has 0 amide bonds. The van der Waals surface area contributed by atoms with Gasteiger partial charge in [0.2, 0.25) is 0 Å². The van der Waals surface area contributed by atoms with Crippen LogP contribution in [0.4, 0.5) is 0 Å². The van der Waals surface area contributed by atoms with Crippen molar-refractivity contribution >= 4 is 82.1 Å². The molecular weight excluding hydrogens is 727 g/mol. The maximum absolute atomic E-state index is 5.56. The van der Waals surface area contributed by atoms with Gasteiger partial charge in [0, 0.05) is 58.5 Å². The van der Waals surface area contributed by atoms with E-state index < -0.39 is 8.07 Å². The Morgan fingerprint density at radius 3 is 1.74 bits per heavy atom. The lowest BCUT2D eigenvalue weighted by atomic mass is 10.1. The molecule has 1 aliphatic heterocycles. The van der Waals surface area contributed by atoms with Gasteiger partial charge in [0.05, 0.1) is 22.4 Å². The minimum atomic E-state index is -3.06.